The molecule has 7 heteroatoms. The molecular formula is C29H24N2O4S. The average molecular weight is 497 g/mol. The van der Waals surface area contributed by atoms with E-state index in [0.717, 1.165) is 21.6 Å². The second-order valence-electron chi connectivity index (χ2n) is 8.60. The number of hydrogen-bond acceptors (Lipinski definition) is 6. The third kappa shape index (κ3) is 4.78. The lowest BCUT2D eigenvalue weighted by Gasteiger charge is -2.24. The number of aliphatic hydroxyl groups is 1. The van der Waals surface area contributed by atoms with Crippen LogP contribution in [0.2, 0.25) is 0 Å². The number of thiophene rings is 1. The molecule has 1 saturated heterocycles. The van der Waals surface area contributed by atoms with Gasteiger partial charge in [0.05, 0.1) is 11.6 Å². The highest BCUT2D eigenvalue weighted by atomic mass is 32.1. The minimum absolute atomic E-state index is 0.0879. The minimum atomic E-state index is -0.695. The normalized spacial score (nSPS) is 16.9. The molecule has 4 aromatic rings. The highest BCUT2D eigenvalue weighted by Crippen LogP contribution is 2.42. The SMILES string of the molecule is Cc1cccc(COc2ccc(/C(O)=C3\C(=O)C(=O)N(Cc4ccncc4)[C@H]3c3cccs3)cc2)c1. The molecule has 2 aromatic carbocycles. The van der Waals surface area contributed by atoms with E-state index in [4.69, 9.17) is 4.74 Å². The van der Waals surface area contributed by atoms with Gasteiger partial charge in [0.1, 0.15) is 18.1 Å². The van der Waals surface area contributed by atoms with E-state index in [-0.39, 0.29) is 17.9 Å². The fourth-order valence-electron chi connectivity index (χ4n) is 4.30. The number of aromatic nitrogens is 1. The quantitative estimate of drug-likeness (QED) is 0.203. The molecule has 1 fully saturated rings. The Hall–Kier alpha value is -4.23. The Morgan fingerprint density at radius 3 is 2.47 bits per heavy atom. The second kappa shape index (κ2) is 10.2. The molecule has 1 atom stereocenters. The number of pyridine rings is 1. The zero-order valence-corrected chi connectivity index (χ0v) is 20.4. The van der Waals surface area contributed by atoms with E-state index in [0.29, 0.717) is 17.9 Å². The Balaban J connectivity index is 1.43. The molecule has 1 aliphatic rings. The van der Waals surface area contributed by atoms with Gasteiger partial charge in [-0.1, -0.05) is 35.9 Å². The number of benzene rings is 2. The zero-order valence-electron chi connectivity index (χ0n) is 19.6. The lowest BCUT2D eigenvalue weighted by molar-refractivity contribution is -0.140. The molecule has 0 radical (unpaired) electrons. The highest BCUT2D eigenvalue weighted by molar-refractivity contribution is 7.10. The maximum absolute atomic E-state index is 13.1. The monoisotopic (exact) mass is 496 g/mol. The minimum Gasteiger partial charge on any atom is -0.507 e. The van der Waals surface area contributed by atoms with Crippen molar-refractivity contribution >= 4 is 28.8 Å². The molecule has 2 aromatic heterocycles. The van der Waals surface area contributed by atoms with Crippen LogP contribution in [-0.4, -0.2) is 26.7 Å². The van der Waals surface area contributed by atoms with E-state index in [1.165, 1.54) is 16.2 Å². The first-order chi connectivity index (χ1) is 17.5. The smallest absolute Gasteiger partial charge is 0.295 e. The number of amides is 1. The first-order valence-electron chi connectivity index (χ1n) is 11.5. The maximum Gasteiger partial charge on any atom is 0.295 e. The molecule has 36 heavy (non-hydrogen) atoms. The molecule has 180 valence electrons. The van der Waals surface area contributed by atoms with Crippen LogP contribution in [0.1, 0.15) is 33.2 Å². The molecule has 5 rings (SSSR count). The first kappa shape index (κ1) is 23.5. The number of ketones is 1. The molecule has 6 nitrogen and oxygen atoms in total. The van der Waals surface area contributed by atoms with E-state index in [2.05, 4.69) is 11.1 Å². The van der Waals surface area contributed by atoms with Crippen molar-refractivity contribution in [2.75, 3.05) is 0 Å². The fourth-order valence-corrected chi connectivity index (χ4v) is 5.15. The van der Waals surface area contributed by atoms with Crippen molar-refractivity contribution in [3.63, 3.8) is 0 Å². The summed E-state index contributed by atoms with van der Waals surface area (Å²) in [5.41, 5.74) is 3.61. The Kier molecular flexibility index (Phi) is 6.64. The van der Waals surface area contributed by atoms with Gasteiger partial charge in [-0.25, -0.2) is 0 Å². The molecule has 3 heterocycles. The third-order valence-electron chi connectivity index (χ3n) is 6.07. The van der Waals surface area contributed by atoms with Crippen LogP contribution in [0.3, 0.4) is 0 Å². The third-order valence-corrected chi connectivity index (χ3v) is 7.00. The summed E-state index contributed by atoms with van der Waals surface area (Å²) in [7, 11) is 0. The van der Waals surface area contributed by atoms with Crippen LogP contribution in [0.5, 0.6) is 5.75 Å². The number of hydrogen-bond donors (Lipinski definition) is 1. The van der Waals surface area contributed by atoms with Gasteiger partial charge in [-0.2, -0.15) is 0 Å². The van der Waals surface area contributed by atoms with Gasteiger partial charge in [0.2, 0.25) is 0 Å². The number of carbonyl (C=O) groups is 2. The summed E-state index contributed by atoms with van der Waals surface area (Å²) in [6.45, 7) is 2.69. The van der Waals surface area contributed by atoms with E-state index < -0.39 is 17.7 Å². The number of aryl methyl sites for hydroxylation is 1. The van der Waals surface area contributed by atoms with Gasteiger partial charge >= 0.3 is 0 Å². The number of Topliss-reactive ketones (excluding diaryl/α,β-unsaturated/α-hetero) is 1. The van der Waals surface area contributed by atoms with Crippen molar-refractivity contribution < 1.29 is 19.4 Å². The van der Waals surface area contributed by atoms with Crippen LogP contribution < -0.4 is 4.74 Å². The average Bonchev–Trinajstić information content (AvgIpc) is 3.51. The summed E-state index contributed by atoms with van der Waals surface area (Å²) in [4.78, 5) is 32.5. The fraction of sp³-hybridized carbons (Fsp3) is 0.138. The Morgan fingerprint density at radius 1 is 1.00 bits per heavy atom. The number of nitrogens with zero attached hydrogens (tertiary/aromatic N) is 2. The van der Waals surface area contributed by atoms with Crippen molar-refractivity contribution in [1.29, 1.82) is 0 Å². The predicted molar refractivity (Wildman–Crippen MR) is 138 cm³/mol. The van der Waals surface area contributed by atoms with Crippen molar-refractivity contribution in [2.45, 2.75) is 26.1 Å². The first-order valence-corrected chi connectivity index (χ1v) is 12.4. The van der Waals surface area contributed by atoms with Crippen molar-refractivity contribution in [3.05, 3.63) is 123 Å². The summed E-state index contributed by atoms with van der Waals surface area (Å²) >= 11 is 1.44. The highest BCUT2D eigenvalue weighted by Gasteiger charge is 2.46. The van der Waals surface area contributed by atoms with Crippen molar-refractivity contribution in [1.82, 2.24) is 9.88 Å². The molecule has 0 aliphatic carbocycles. The summed E-state index contributed by atoms with van der Waals surface area (Å²) < 4.78 is 5.88. The van der Waals surface area contributed by atoms with Crippen molar-refractivity contribution in [2.24, 2.45) is 0 Å². The number of carbonyl (C=O) groups excluding carboxylic acids is 2. The van der Waals surface area contributed by atoms with Crippen LogP contribution in [0.4, 0.5) is 0 Å². The van der Waals surface area contributed by atoms with Gasteiger partial charge in [-0.15, -0.1) is 11.3 Å². The predicted octanol–water partition coefficient (Wildman–Crippen LogP) is 5.65. The topological polar surface area (TPSA) is 79.7 Å². The summed E-state index contributed by atoms with van der Waals surface area (Å²) in [6, 6.07) is 21.7. The van der Waals surface area contributed by atoms with Gasteiger partial charge in [0.15, 0.2) is 0 Å². The molecule has 0 spiro atoms. The molecule has 0 unspecified atom stereocenters. The van der Waals surface area contributed by atoms with E-state index in [9.17, 15) is 14.7 Å². The largest absolute Gasteiger partial charge is 0.507 e. The van der Waals surface area contributed by atoms with Gasteiger partial charge in [-0.3, -0.25) is 14.6 Å². The van der Waals surface area contributed by atoms with Crippen LogP contribution in [0.15, 0.2) is 96.1 Å². The number of likely N-dealkylation sites (tertiary alicyclic amines) is 1. The van der Waals surface area contributed by atoms with Crippen LogP contribution >= 0.6 is 11.3 Å². The zero-order chi connectivity index (χ0) is 25.1. The Morgan fingerprint density at radius 2 is 1.78 bits per heavy atom. The molecule has 1 aliphatic heterocycles. The molecular weight excluding hydrogens is 472 g/mol. The lowest BCUT2D eigenvalue weighted by Crippen LogP contribution is -2.28. The standard InChI is InChI=1S/C29H24N2O4S/c1-19-4-2-5-21(16-19)18-35-23-9-7-22(8-10-23)27(32)25-26(24-6-3-15-36-24)31(29(34)28(25)33)17-20-11-13-30-14-12-20/h2-16,26,32H,17-18H2,1H3/b27-25+/t26-/m0/s1. The Labute approximate surface area is 213 Å². The van der Waals surface area contributed by atoms with Gasteiger partial charge < -0.3 is 14.7 Å². The van der Waals surface area contributed by atoms with Gasteiger partial charge in [0.25, 0.3) is 11.7 Å². The molecule has 1 amide bonds. The summed E-state index contributed by atoms with van der Waals surface area (Å²) in [6.07, 6.45) is 3.29. The van der Waals surface area contributed by atoms with Crippen LogP contribution in [0.25, 0.3) is 5.76 Å². The van der Waals surface area contributed by atoms with E-state index in [1.807, 2.05) is 42.6 Å². The lowest BCUT2D eigenvalue weighted by atomic mass is 9.99. The Bertz CT molecular complexity index is 1410. The molecule has 0 bridgehead atoms. The van der Waals surface area contributed by atoms with Gasteiger partial charge in [-0.05, 0) is 65.9 Å². The number of aliphatic hydroxyl groups excluding tert-OH is 1. The second-order valence-corrected chi connectivity index (χ2v) is 9.58. The summed E-state index contributed by atoms with van der Waals surface area (Å²) in [5, 5.41) is 13.1. The molecule has 1 N–H and O–H groups in total. The van der Waals surface area contributed by atoms with Crippen LogP contribution in [0, 0.1) is 6.92 Å². The molecule has 0 saturated carbocycles. The van der Waals surface area contributed by atoms with Gasteiger partial charge in [0, 0.05) is 29.4 Å². The number of ether oxygens (including phenoxy) is 1. The number of rotatable bonds is 7. The van der Waals surface area contributed by atoms with Crippen LogP contribution in [-0.2, 0) is 22.7 Å². The van der Waals surface area contributed by atoms with E-state index in [1.54, 1.807) is 48.8 Å². The maximum atomic E-state index is 13.1. The summed E-state index contributed by atoms with van der Waals surface area (Å²) in [5.74, 6) is -0.889. The van der Waals surface area contributed by atoms with E-state index >= 15 is 0 Å². The van der Waals surface area contributed by atoms with Crippen molar-refractivity contribution in [3.8, 4) is 5.75 Å².